The van der Waals surface area contributed by atoms with E-state index in [0.717, 1.165) is 0 Å². The first kappa shape index (κ1) is 15.2. The lowest BCUT2D eigenvalue weighted by Gasteiger charge is -2.09. The molecule has 0 amide bonds. The van der Waals surface area contributed by atoms with E-state index in [0.29, 0.717) is 13.1 Å². The summed E-state index contributed by atoms with van der Waals surface area (Å²) in [6.07, 6.45) is 0. The molecule has 0 unspecified atom stereocenters. The van der Waals surface area contributed by atoms with Crippen molar-refractivity contribution < 1.29 is 18.2 Å². The van der Waals surface area contributed by atoms with Gasteiger partial charge in [-0.15, -0.1) is 0 Å². The van der Waals surface area contributed by atoms with Gasteiger partial charge >= 0.3 is 15.3 Å². The molecule has 0 aromatic heterocycles. The molecule has 0 saturated carbocycles. The minimum Gasteiger partial charge on any atom is -0.312 e. The van der Waals surface area contributed by atoms with E-state index in [2.05, 4.69) is 14.4 Å². The number of nitrogens with two attached hydrogens (primary N) is 4. The fourth-order valence-corrected chi connectivity index (χ4v) is 1.40. The Hall–Kier alpha value is 0.180. The summed E-state index contributed by atoms with van der Waals surface area (Å²) in [4.78, 5) is 0. The quantitative estimate of drug-likeness (QED) is 0.262. The molecule has 0 aliphatic carbocycles. The van der Waals surface area contributed by atoms with E-state index < -0.39 is 15.3 Å². The van der Waals surface area contributed by atoms with Crippen LogP contribution in [0.2, 0.25) is 0 Å². The van der Waals surface area contributed by atoms with Crippen LogP contribution in [0.4, 0.5) is 0 Å². The third kappa shape index (κ3) is 14.2. The largest absolute Gasteiger partial charge is 0.335 e. The van der Waals surface area contributed by atoms with Gasteiger partial charge in [0.15, 0.2) is 0 Å². The van der Waals surface area contributed by atoms with Crippen LogP contribution in [0.1, 0.15) is 0 Å². The fraction of sp³-hybridized carbons (Fsp3) is 1.00. The third-order valence-corrected chi connectivity index (χ3v) is 2.32. The summed E-state index contributed by atoms with van der Waals surface area (Å²) in [5, 5.41) is 2.82. The fourth-order valence-electron chi connectivity index (χ4n) is 0.646. The van der Waals surface area contributed by atoms with Crippen molar-refractivity contribution in [1.82, 2.24) is 5.32 Å². The molecule has 0 heterocycles. The Kier molecular flexibility index (Phi) is 6.78. The highest BCUT2D eigenvalue weighted by molar-refractivity contribution is 7.54. The number of nitrogens with one attached hydrogen (secondary N) is 1. The van der Waals surface area contributed by atoms with Gasteiger partial charge in [0.25, 0.3) is 0 Å². The Morgan fingerprint density at radius 1 is 0.867 bits per heavy atom. The molecule has 0 radical (unpaired) electrons. The monoisotopic (exact) mass is 261 g/mol. The molecular formula is C4H17N5O4P2. The molecule has 92 valence electrons. The van der Waals surface area contributed by atoms with Crippen molar-refractivity contribution in [3.63, 3.8) is 0 Å². The van der Waals surface area contributed by atoms with Gasteiger partial charge < -0.3 is 14.4 Å². The second kappa shape index (κ2) is 6.70. The van der Waals surface area contributed by atoms with Gasteiger partial charge in [-0.3, -0.25) is 9.13 Å². The van der Waals surface area contributed by atoms with Crippen LogP contribution in [-0.4, -0.2) is 26.3 Å². The molecule has 0 atom stereocenters. The maximum atomic E-state index is 10.6. The van der Waals surface area contributed by atoms with Gasteiger partial charge in [-0.1, -0.05) is 0 Å². The Labute approximate surface area is 87.9 Å². The summed E-state index contributed by atoms with van der Waals surface area (Å²) in [6.45, 7) is 0.961. The number of hydrogen-bond acceptors (Lipinski definition) is 5. The SMILES string of the molecule is NP(N)(=O)OCCNCCOP(N)(N)=O. The van der Waals surface area contributed by atoms with Crippen LogP contribution < -0.4 is 27.3 Å². The summed E-state index contributed by atoms with van der Waals surface area (Å²) in [5.74, 6) is 0. The molecule has 9 N–H and O–H groups in total. The molecule has 0 rings (SSSR count). The highest BCUT2D eigenvalue weighted by atomic mass is 31.2. The zero-order chi connectivity index (χ0) is 11.9. The summed E-state index contributed by atoms with van der Waals surface area (Å²) in [5.41, 5.74) is 19.7. The predicted octanol–water partition coefficient (Wildman–Crippen LogP) is -1.34. The number of rotatable bonds is 8. The summed E-state index contributed by atoms with van der Waals surface area (Å²) in [6, 6.07) is 0. The van der Waals surface area contributed by atoms with E-state index in [9.17, 15) is 9.13 Å². The smallest absolute Gasteiger partial charge is 0.312 e. The molecular weight excluding hydrogens is 244 g/mol. The van der Waals surface area contributed by atoms with Crippen LogP contribution in [-0.2, 0) is 18.2 Å². The van der Waals surface area contributed by atoms with Crippen molar-refractivity contribution in [2.24, 2.45) is 22.0 Å². The van der Waals surface area contributed by atoms with E-state index in [-0.39, 0.29) is 13.2 Å². The van der Waals surface area contributed by atoms with Gasteiger partial charge in [0.05, 0.1) is 13.2 Å². The lowest BCUT2D eigenvalue weighted by Crippen LogP contribution is -2.25. The van der Waals surface area contributed by atoms with Gasteiger partial charge in [-0.25, -0.2) is 22.0 Å². The highest BCUT2D eigenvalue weighted by Crippen LogP contribution is 2.25. The van der Waals surface area contributed by atoms with Gasteiger partial charge in [0, 0.05) is 13.1 Å². The Bertz CT molecular complexity index is 236. The Morgan fingerprint density at radius 2 is 1.20 bits per heavy atom. The molecule has 0 bridgehead atoms. The van der Waals surface area contributed by atoms with Crippen molar-refractivity contribution in [2.45, 2.75) is 0 Å². The van der Waals surface area contributed by atoms with E-state index in [1.54, 1.807) is 0 Å². The summed E-state index contributed by atoms with van der Waals surface area (Å²) in [7, 11) is -6.81. The van der Waals surface area contributed by atoms with Gasteiger partial charge in [-0.05, 0) is 0 Å². The maximum Gasteiger partial charge on any atom is 0.335 e. The van der Waals surface area contributed by atoms with Crippen molar-refractivity contribution >= 4 is 15.3 Å². The lowest BCUT2D eigenvalue weighted by atomic mass is 10.6. The minimum absolute atomic E-state index is 0.104. The average molecular weight is 261 g/mol. The molecule has 11 heteroatoms. The van der Waals surface area contributed by atoms with Crippen LogP contribution in [0.15, 0.2) is 0 Å². The van der Waals surface area contributed by atoms with Crippen molar-refractivity contribution in [1.29, 1.82) is 0 Å². The lowest BCUT2D eigenvalue weighted by molar-refractivity contribution is 0.288. The topological polar surface area (TPSA) is 169 Å². The van der Waals surface area contributed by atoms with Gasteiger partial charge in [-0.2, -0.15) is 0 Å². The molecule has 0 saturated heterocycles. The molecule has 15 heavy (non-hydrogen) atoms. The van der Waals surface area contributed by atoms with E-state index in [1.807, 2.05) is 0 Å². The van der Waals surface area contributed by atoms with Crippen LogP contribution in [0, 0.1) is 0 Å². The third-order valence-electron chi connectivity index (χ3n) is 1.14. The zero-order valence-corrected chi connectivity index (χ0v) is 9.95. The summed E-state index contributed by atoms with van der Waals surface area (Å²) < 4.78 is 30.5. The Balaban J connectivity index is 3.27. The highest BCUT2D eigenvalue weighted by Gasteiger charge is 2.08. The molecule has 0 aromatic carbocycles. The standard InChI is InChI=1S/C4H17N5O4P2/c5-14(6,10)12-3-1-9-2-4-13-15(7,8)11/h9H,1-4H2,(H4,5,6,10)(H4,7,8,11). The van der Waals surface area contributed by atoms with E-state index in [1.165, 1.54) is 0 Å². The first-order valence-corrected chi connectivity index (χ1v) is 7.57. The van der Waals surface area contributed by atoms with Crippen molar-refractivity contribution in [3.05, 3.63) is 0 Å². The molecule has 0 fully saturated rings. The van der Waals surface area contributed by atoms with E-state index in [4.69, 9.17) is 22.0 Å². The first-order chi connectivity index (χ1) is 6.71. The van der Waals surface area contributed by atoms with Crippen LogP contribution in [0.5, 0.6) is 0 Å². The van der Waals surface area contributed by atoms with Crippen molar-refractivity contribution in [3.8, 4) is 0 Å². The average Bonchev–Trinajstić information content (AvgIpc) is 1.98. The zero-order valence-electron chi connectivity index (χ0n) is 8.17. The van der Waals surface area contributed by atoms with Crippen molar-refractivity contribution in [2.75, 3.05) is 26.3 Å². The second-order valence-electron chi connectivity index (χ2n) is 2.71. The van der Waals surface area contributed by atoms with Gasteiger partial charge in [0.2, 0.25) is 0 Å². The second-order valence-corrected chi connectivity index (χ2v) is 5.80. The van der Waals surface area contributed by atoms with Crippen LogP contribution >= 0.6 is 15.3 Å². The first-order valence-electron chi connectivity index (χ1n) is 4.05. The molecule has 9 nitrogen and oxygen atoms in total. The minimum atomic E-state index is -3.40. The van der Waals surface area contributed by atoms with Gasteiger partial charge in [0.1, 0.15) is 0 Å². The molecule has 0 aliphatic rings. The van der Waals surface area contributed by atoms with Crippen LogP contribution in [0.3, 0.4) is 0 Å². The van der Waals surface area contributed by atoms with E-state index >= 15 is 0 Å². The van der Waals surface area contributed by atoms with Crippen LogP contribution in [0.25, 0.3) is 0 Å². The molecule has 0 aliphatic heterocycles. The predicted molar refractivity (Wildman–Crippen MR) is 56.7 cm³/mol. The molecule has 0 spiro atoms. The molecule has 0 aromatic rings. The Morgan fingerprint density at radius 3 is 1.47 bits per heavy atom. The number of hydrogen-bond donors (Lipinski definition) is 5. The summed E-state index contributed by atoms with van der Waals surface area (Å²) >= 11 is 0. The normalized spacial score (nSPS) is 13.1. The maximum absolute atomic E-state index is 10.6.